The first-order valence-corrected chi connectivity index (χ1v) is 52.8. The number of hydrogen-bond acceptors (Lipinski definition) is 31. The maximum atomic E-state index is 13.2. The number of hydrogen-bond donors (Lipinski definition) is 15. The molecule has 135 heavy (non-hydrogen) atoms. The molecule has 5 aliphatic rings. The van der Waals surface area contributed by atoms with Crippen LogP contribution in [0.25, 0.3) is 0 Å². The molecule has 5 saturated heterocycles. The molecule has 0 aliphatic carbocycles. The first-order valence-electron chi connectivity index (χ1n) is 52.8. The van der Waals surface area contributed by atoms with Crippen LogP contribution in [0.1, 0.15) is 310 Å². The van der Waals surface area contributed by atoms with Crippen LogP contribution in [0.15, 0.2) is 0 Å². The van der Waals surface area contributed by atoms with Crippen molar-refractivity contribution in [2.45, 2.75) is 464 Å². The van der Waals surface area contributed by atoms with E-state index in [1.807, 2.05) is 0 Å². The number of aliphatic hydroxyl groups is 14. The smallest absolute Gasteiger partial charge is 0.217 e. The topological polar surface area (TPSA) is 460 Å². The molecule has 0 saturated carbocycles. The van der Waals surface area contributed by atoms with Crippen molar-refractivity contribution in [3.63, 3.8) is 0 Å². The van der Waals surface area contributed by atoms with Crippen molar-refractivity contribution in [2.75, 3.05) is 112 Å². The molecule has 0 bridgehead atoms. The molecule has 0 radical (unpaired) electrons. The zero-order valence-corrected chi connectivity index (χ0v) is 86.3. The summed E-state index contributed by atoms with van der Waals surface area (Å²) in [6, 6.07) is -1.77. The number of rotatable bonds is 76. The second-order valence-corrected chi connectivity index (χ2v) is 43.3. The summed E-state index contributed by atoms with van der Waals surface area (Å²) < 4.78 is 98.5. The molecule has 32 heteroatoms. The van der Waals surface area contributed by atoms with Crippen LogP contribution < -0.4 is 5.32 Å². The third-order valence-electron chi connectivity index (χ3n) is 28.6. The van der Waals surface area contributed by atoms with Gasteiger partial charge in [-0.15, -0.1) is 0 Å². The van der Waals surface area contributed by atoms with E-state index >= 15 is 0 Å². The molecule has 9 unspecified atom stereocenters. The Bertz CT molecular complexity index is 2790. The number of aliphatic hydroxyl groups excluding tert-OH is 14. The lowest BCUT2D eigenvalue weighted by atomic mass is 9.90. The van der Waals surface area contributed by atoms with Gasteiger partial charge in [0.1, 0.15) is 116 Å². The highest BCUT2D eigenvalue weighted by Gasteiger charge is 2.58. The van der Waals surface area contributed by atoms with E-state index in [1.165, 1.54) is 180 Å². The fraction of sp³-hybridized carbons (Fsp3) is 0.990. The number of nitrogens with one attached hydrogen (secondary N) is 1. The highest BCUT2D eigenvalue weighted by Crippen LogP contribution is 2.39. The van der Waals surface area contributed by atoms with E-state index in [0.29, 0.717) is 64.0 Å². The molecule has 15 N–H and O–H groups in total. The lowest BCUT2D eigenvalue weighted by Crippen LogP contribution is -2.71. The third-order valence-corrected chi connectivity index (χ3v) is 28.6. The summed E-state index contributed by atoms with van der Waals surface area (Å²) in [7, 11) is 0. The zero-order chi connectivity index (χ0) is 99.7. The molecule has 5 heterocycles. The molecule has 5 rings (SSSR count). The fourth-order valence-corrected chi connectivity index (χ4v) is 19.2. The van der Waals surface area contributed by atoms with Crippen molar-refractivity contribution in [1.29, 1.82) is 0 Å². The van der Waals surface area contributed by atoms with Crippen molar-refractivity contribution in [3.05, 3.63) is 0 Å². The predicted octanol–water partition coefficient (Wildman–Crippen LogP) is 10.8. The average Bonchev–Trinajstić information content (AvgIpc) is 0.753. The second kappa shape index (κ2) is 68.6. The van der Waals surface area contributed by atoms with E-state index in [0.717, 1.165) is 79.4 Å². The molecule has 5 aliphatic heterocycles. The van der Waals surface area contributed by atoms with Gasteiger partial charge in [-0.25, -0.2) is 0 Å². The Morgan fingerprint density at radius 1 is 0.274 bits per heavy atom. The van der Waals surface area contributed by atoms with Crippen molar-refractivity contribution in [2.24, 2.45) is 76.4 Å². The molecule has 0 spiro atoms. The zero-order valence-electron chi connectivity index (χ0n) is 86.3. The summed E-state index contributed by atoms with van der Waals surface area (Å²) >= 11 is 0. The molecule has 5 fully saturated rings. The van der Waals surface area contributed by atoms with E-state index in [4.69, 9.17) is 75.8 Å². The van der Waals surface area contributed by atoms with Crippen molar-refractivity contribution < 1.29 is 152 Å². The van der Waals surface area contributed by atoms with Crippen LogP contribution in [0, 0.1) is 76.4 Å². The number of carbonyl (C=O) groups is 1. The van der Waals surface area contributed by atoms with Gasteiger partial charge in [-0.2, -0.15) is 0 Å². The van der Waals surface area contributed by atoms with Crippen molar-refractivity contribution in [1.82, 2.24) is 5.32 Å². The third kappa shape index (κ3) is 46.7. The van der Waals surface area contributed by atoms with Gasteiger partial charge in [0.2, 0.25) is 5.91 Å². The van der Waals surface area contributed by atoms with Gasteiger partial charge >= 0.3 is 0 Å². The molecule has 34 atom stereocenters. The van der Waals surface area contributed by atoms with Crippen molar-refractivity contribution in [3.8, 4) is 0 Å². The van der Waals surface area contributed by atoms with Gasteiger partial charge in [-0.3, -0.25) is 4.79 Å². The first-order chi connectivity index (χ1) is 64.4. The van der Waals surface area contributed by atoms with Crippen molar-refractivity contribution >= 4 is 5.91 Å². The standard InChI is InChI=1S/C103H197NO31/c1-65(2)27-18-30-68(7)33-21-36-71(10)39-24-42-74(13)45-48-122-61-103(62-123-49-46-75(14)43-25-40-72(11)37-22-34-69(8)31-19-28-66(3)4,63-124-50-47-76(15)44-26-41-73(12)38-23-35-70(9)32-20-29-67(5)6)64-125-54-53-120-51-52-121-55-56-126-99-92(118)89(115)94(81(59-107)131-99)132-102-93(119)97(86(112)80(58-106)129-102)135-98-83(104-78(17)109)96(134-100-90(116)87(113)84(110)77(16)127-100)95(82(60-108)130-98)133-101-91(117)88(114)85(111)79(57-105)128-101/h65-77,79-102,105-108,110-119H,18-64H2,1-17H3,(H,104,109)/t68?,69?,70?,71?,72?,73?,74?,75?,76?,77-,79+,80+,81+,82+,83+,84+,85-,86-,87+,88-,89+,90-,91+,92+,93+,94+,95+,96+,97-,98-,99+,100-,101-,102-,103?/m0/s1. The number of amides is 1. The molecule has 0 aromatic rings. The van der Waals surface area contributed by atoms with E-state index in [9.17, 15) is 76.3 Å². The lowest BCUT2D eigenvalue weighted by Gasteiger charge is -2.51. The monoisotopic (exact) mass is 1940 g/mol. The fourth-order valence-electron chi connectivity index (χ4n) is 19.2. The quantitative estimate of drug-likeness (QED) is 0.0252. The number of ether oxygens (including phenoxy) is 16. The Labute approximate surface area is 812 Å². The second-order valence-electron chi connectivity index (χ2n) is 43.3. The SMILES string of the molecule is CC(=O)N[C@H]1[C@H](O[C@H]2[C@@H](O)[C@@H](CO)O[C@@H](O[C@H]3[C@H](O)[C@@H](O)[C@H](OCCOCCOCCOCC(COCCC(C)CCCC(C)CCCC(C)CCCC(C)C)(COCCC(C)CCCC(C)CCCC(C)CCCC(C)C)COCCC(C)CCCC(C)CCCC(C)CCCC(C)C)O[C@@H]3CO)[C@@H]2O)O[C@H](CO)[C@@H](O[C@@H]2O[C@H](CO)[C@H](O)[C@H](O)[C@H]2O)[C@@H]1O[C@@H]1O[C@@H](C)[C@@H](O)[C@@H](O)[C@@H]1O. The minimum atomic E-state index is -2.16. The Morgan fingerprint density at radius 3 is 0.933 bits per heavy atom. The van der Waals surface area contributed by atoms with Gasteiger partial charge in [0.05, 0.1) is 104 Å². The van der Waals surface area contributed by atoms with Gasteiger partial charge in [0.25, 0.3) is 0 Å². The van der Waals surface area contributed by atoms with Crippen LogP contribution in [0.5, 0.6) is 0 Å². The predicted molar refractivity (Wildman–Crippen MR) is 513 cm³/mol. The van der Waals surface area contributed by atoms with Crippen LogP contribution >= 0.6 is 0 Å². The molecule has 800 valence electrons. The first kappa shape index (κ1) is 124. The van der Waals surface area contributed by atoms with E-state index < -0.39 is 191 Å². The Balaban J connectivity index is 1.19. The van der Waals surface area contributed by atoms with Gasteiger partial charge < -0.3 is 153 Å². The molecular formula is C103H197NO31. The summed E-state index contributed by atoms with van der Waals surface area (Å²) in [6.07, 6.45) is -5.96. The Hall–Kier alpha value is -1.73. The maximum Gasteiger partial charge on any atom is 0.217 e. The molecule has 1 amide bonds. The van der Waals surface area contributed by atoms with E-state index in [2.05, 4.69) is 109 Å². The largest absolute Gasteiger partial charge is 0.394 e. The van der Waals surface area contributed by atoms with Crippen LogP contribution in [-0.2, 0) is 80.6 Å². The van der Waals surface area contributed by atoms with Crippen LogP contribution in [0.3, 0.4) is 0 Å². The average molecular weight is 1950 g/mol. The maximum absolute atomic E-state index is 13.2. The minimum absolute atomic E-state index is 0.0135. The summed E-state index contributed by atoms with van der Waals surface area (Å²) in [5.74, 6) is 7.67. The highest BCUT2D eigenvalue weighted by molar-refractivity contribution is 5.73. The summed E-state index contributed by atoms with van der Waals surface area (Å²) in [6.45, 7) is 38.5. The lowest BCUT2D eigenvalue weighted by molar-refractivity contribution is -0.392. The molecule has 0 aromatic heterocycles. The van der Waals surface area contributed by atoms with Gasteiger partial charge in [-0.05, 0) is 97.2 Å². The van der Waals surface area contributed by atoms with Gasteiger partial charge in [0.15, 0.2) is 31.5 Å². The molecular weight excluding hydrogens is 1750 g/mol. The highest BCUT2D eigenvalue weighted by atomic mass is 16.8. The minimum Gasteiger partial charge on any atom is -0.394 e. The summed E-state index contributed by atoms with van der Waals surface area (Å²) in [5.41, 5.74) is -0.582. The van der Waals surface area contributed by atoms with Gasteiger partial charge in [-0.1, -0.05) is 277 Å². The summed E-state index contributed by atoms with van der Waals surface area (Å²) in [5, 5.41) is 157. The normalized spacial score (nSPS) is 31.9. The van der Waals surface area contributed by atoms with Gasteiger partial charge in [0, 0.05) is 26.7 Å². The number of carbonyl (C=O) groups excluding carboxylic acids is 1. The van der Waals surface area contributed by atoms with Crippen LogP contribution in [-0.4, -0.2) is 343 Å². The van der Waals surface area contributed by atoms with Crippen LogP contribution in [0.4, 0.5) is 0 Å². The van der Waals surface area contributed by atoms with E-state index in [-0.39, 0.29) is 39.6 Å². The van der Waals surface area contributed by atoms with Crippen LogP contribution in [0.2, 0.25) is 0 Å². The summed E-state index contributed by atoms with van der Waals surface area (Å²) in [4.78, 5) is 13.2. The Morgan fingerprint density at radius 2 is 0.556 bits per heavy atom. The van der Waals surface area contributed by atoms with E-state index in [1.54, 1.807) is 0 Å². The molecule has 32 nitrogen and oxygen atoms in total. The molecule has 0 aromatic carbocycles. The Kier molecular flexibility index (Phi) is 62.9.